The second kappa shape index (κ2) is 6.59. The molecule has 2 fully saturated rings. The number of carbonyl (C=O) groups excluding carboxylic acids is 1. The van der Waals surface area contributed by atoms with Crippen LogP contribution < -0.4 is 10.2 Å². The van der Waals surface area contributed by atoms with Gasteiger partial charge in [0, 0.05) is 44.9 Å². The highest BCUT2D eigenvalue weighted by atomic mass is 16.7. The number of aryl methyl sites for hydroxylation is 1. The number of aromatic nitrogens is 2. The molecule has 0 aliphatic carbocycles. The lowest BCUT2D eigenvalue weighted by Gasteiger charge is -2.21. The van der Waals surface area contributed by atoms with E-state index in [1.54, 1.807) is 0 Å². The lowest BCUT2D eigenvalue weighted by Crippen LogP contribution is -2.39. The zero-order valence-corrected chi connectivity index (χ0v) is 14.4. The minimum absolute atomic E-state index is 0.126. The summed E-state index contributed by atoms with van der Waals surface area (Å²) in [6.45, 7) is 4.72. The Labute approximate surface area is 146 Å². The van der Waals surface area contributed by atoms with Crippen molar-refractivity contribution in [3.05, 3.63) is 18.0 Å². The SMILES string of the molecule is Cc1cnc(N2CC[C@]3(CC(C(=O)NC[C@@H]4CCCO4)=NO3)C2)nc1. The summed E-state index contributed by atoms with van der Waals surface area (Å²) in [5, 5.41) is 6.96. The predicted octanol–water partition coefficient (Wildman–Crippen LogP) is 0.805. The highest BCUT2D eigenvalue weighted by Gasteiger charge is 2.47. The van der Waals surface area contributed by atoms with Gasteiger partial charge >= 0.3 is 0 Å². The fourth-order valence-corrected chi connectivity index (χ4v) is 3.54. The van der Waals surface area contributed by atoms with Crippen molar-refractivity contribution in [2.24, 2.45) is 5.16 Å². The number of hydrogen-bond acceptors (Lipinski definition) is 7. The number of ether oxygens (including phenoxy) is 1. The van der Waals surface area contributed by atoms with E-state index in [4.69, 9.17) is 9.57 Å². The first-order valence-electron chi connectivity index (χ1n) is 8.82. The van der Waals surface area contributed by atoms with Crippen LogP contribution in [0.25, 0.3) is 0 Å². The van der Waals surface area contributed by atoms with E-state index in [0.29, 0.717) is 31.2 Å². The molecule has 25 heavy (non-hydrogen) atoms. The van der Waals surface area contributed by atoms with Crippen LogP contribution in [0.1, 0.15) is 31.2 Å². The first kappa shape index (κ1) is 16.3. The molecule has 2 atom stereocenters. The smallest absolute Gasteiger partial charge is 0.269 e. The van der Waals surface area contributed by atoms with Gasteiger partial charge in [-0.2, -0.15) is 0 Å². The van der Waals surface area contributed by atoms with Crippen molar-refractivity contribution < 1.29 is 14.4 Å². The summed E-state index contributed by atoms with van der Waals surface area (Å²) in [4.78, 5) is 28.8. The van der Waals surface area contributed by atoms with Gasteiger partial charge in [0.1, 0.15) is 5.71 Å². The summed E-state index contributed by atoms with van der Waals surface area (Å²) in [5.74, 6) is 0.541. The molecular formula is C17H23N5O3. The number of nitrogens with zero attached hydrogens (tertiary/aromatic N) is 4. The molecule has 0 bridgehead atoms. The Kier molecular flexibility index (Phi) is 4.29. The predicted molar refractivity (Wildman–Crippen MR) is 91.5 cm³/mol. The van der Waals surface area contributed by atoms with Crippen LogP contribution in [-0.2, 0) is 14.4 Å². The van der Waals surface area contributed by atoms with Crippen molar-refractivity contribution in [1.82, 2.24) is 15.3 Å². The van der Waals surface area contributed by atoms with Crippen molar-refractivity contribution in [3.63, 3.8) is 0 Å². The molecule has 1 N–H and O–H groups in total. The zero-order valence-electron chi connectivity index (χ0n) is 14.4. The van der Waals surface area contributed by atoms with Crippen LogP contribution >= 0.6 is 0 Å². The van der Waals surface area contributed by atoms with Gasteiger partial charge in [0.2, 0.25) is 5.95 Å². The molecule has 1 spiro atoms. The molecule has 1 aromatic heterocycles. The van der Waals surface area contributed by atoms with Crippen molar-refractivity contribution in [3.8, 4) is 0 Å². The Morgan fingerprint density at radius 1 is 1.44 bits per heavy atom. The quantitative estimate of drug-likeness (QED) is 0.868. The number of oxime groups is 1. The van der Waals surface area contributed by atoms with E-state index in [1.807, 2.05) is 19.3 Å². The summed E-state index contributed by atoms with van der Waals surface area (Å²) in [7, 11) is 0. The second-order valence-corrected chi connectivity index (χ2v) is 7.07. The molecule has 1 aromatic rings. The Morgan fingerprint density at radius 2 is 2.28 bits per heavy atom. The maximum Gasteiger partial charge on any atom is 0.269 e. The summed E-state index contributed by atoms with van der Waals surface area (Å²) in [6.07, 6.45) is 7.13. The number of nitrogens with one attached hydrogen (secondary N) is 1. The Hall–Kier alpha value is -2.22. The average Bonchev–Trinajstić information content (AvgIpc) is 3.36. The van der Waals surface area contributed by atoms with E-state index in [0.717, 1.165) is 38.0 Å². The monoisotopic (exact) mass is 345 g/mol. The first-order chi connectivity index (χ1) is 12.1. The molecule has 2 saturated heterocycles. The number of anilines is 1. The topological polar surface area (TPSA) is 88.9 Å². The highest BCUT2D eigenvalue weighted by Crippen LogP contribution is 2.35. The molecule has 3 aliphatic rings. The van der Waals surface area contributed by atoms with Crippen LogP contribution in [0.4, 0.5) is 5.95 Å². The third kappa shape index (κ3) is 3.44. The highest BCUT2D eigenvalue weighted by molar-refractivity contribution is 6.39. The molecule has 8 heteroatoms. The van der Waals surface area contributed by atoms with Gasteiger partial charge in [0.15, 0.2) is 5.60 Å². The molecule has 0 saturated carbocycles. The lowest BCUT2D eigenvalue weighted by molar-refractivity contribution is -0.115. The molecule has 4 rings (SSSR count). The van der Waals surface area contributed by atoms with Crippen LogP contribution in [0.5, 0.6) is 0 Å². The summed E-state index contributed by atoms with van der Waals surface area (Å²) >= 11 is 0. The zero-order chi connectivity index (χ0) is 17.3. The first-order valence-corrected chi connectivity index (χ1v) is 8.82. The fraction of sp³-hybridized carbons (Fsp3) is 0.647. The van der Waals surface area contributed by atoms with Crippen molar-refractivity contribution in [1.29, 1.82) is 0 Å². The number of hydrogen-bond donors (Lipinski definition) is 1. The largest absolute Gasteiger partial charge is 0.386 e. The molecule has 3 aliphatic heterocycles. The number of carbonyl (C=O) groups is 1. The summed E-state index contributed by atoms with van der Waals surface area (Å²) < 4.78 is 5.52. The average molecular weight is 345 g/mol. The maximum absolute atomic E-state index is 12.3. The van der Waals surface area contributed by atoms with E-state index >= 15 is 0 Å². The Morgan fingerprint density at radius 3 is 3.04 bits per heavy atom. The third-order valence-electron chi connectivity index (χ3n) is 4.98. The second-order valence-electron chi connectivity index (χ2n) is 7.07. The fourth-order valence-electron chi connectivity index (χ4n) is 3.54. The van der Waals surface area contributed by atoms with Gasteiger partial charge < -0.3 is 19.8 Å². The van der Waals surface area contributed by atoms with Crippen molar-refractivity contribution in [2.75, 3.05) is 31.1 Å². The van der Waals surface area contributed by atoms with Gasteiger partial charge in [0.25, 0.3) is 5.91 Å². The molecule has 134 valence electrons. The van der Waals surface area contributed by atoms with E-state index in [-0.39, 0.29) is 12.0 Å². The van der Waals surface area contributed by atoms with E-state index in [1.165, 1.54) is 0 Å². The number of amides is 1. The van der Waals surface area contributed by atoms with Crippen LogP contribution in [0.3, 0.4) is 0 Å². The molecular weight excluding hydrogens is 322 g/mol. The molecule has 4 heterocycles. The standard InChI is InChI=1S/C17H23N5O3/c1-12-8-19-16(20-9-12)22-5-4-17(11-22)7-14(21-25-17)15(23)18-10-13-3-2-6-24-13/h8-9,13H,2-7,10-11H2,1H3,(H,18,23)/t13-,17-/m0/s1. The van der Waals surface area contributed by atoms with Crippen LogP contribution in [0.15, 0.2) is 17.5 Å². The summed E-state index contributed by atoms with van der Waals surface area (Å²) in [6, 6.07) is 0. The van der Waals surface area contributed by atoms with Gasteiger partial charge in [-0.3, -0.25) is 4.79 Å². The van der Waals surface area contributed by atoms with Crippen LogP contribution in [0.2, 0.25) is 0 Å². The summed E-state index contributed by atoms with van der Waals surface area (Å²) in [5.41, 5.74) is 1.05. The molecule has 0 radical (unpaired) electrons. The minimum atomic E-state index is -0.440. The van der Waals surface area contributed by atoms with E-state index < -0.39 is 5.60 Å². The maximum atomic E-state index is 12.3. The van der Waals surface area contributed by atoms with Crippen LogP contribution in [-0.4, -0.2) is 59.5 Å². The minimum Gasteiger partial charge on any atom is -0.386 e. The molecule has 8 nitrogen and oxygen atoms in total. The Bertz CT molecular complexity index is 671. The van der Waals surface area contributed by atoms with Gasteiger partial charge in [-0.05, 0) is 25.3 Å². The molecule has 1 amide bonds. The molecule has 0 unspecified atom stereocenters. The van der Waals surface area contributed by atoms with Crippen LogP contribution in [0, 0.1) is 6.92 Å². The van der Waals surface area contributed by atoms with Crippen molar-refractivity contribution in [2.45, 2.75) is 44.3 Å². The lowest BCUT2D eigenvalue weighted by atomic mass is 9.96. The van der Waals surface area contributed by atoms with Gasteiger partial charge in [-0.1, -0.05) is 5.16 Å². The third-order valence-corrected chi connectivity index (χ3v) is 4.98. The van der Waals surface area contributed by atoms with E-state index in [2.05, 4.69) is 25.3 Å². The van der Waals surface area contributed by atoms with Gasteiger partial charge in [0.05, 0.1) is 12.6 Å². The number of rotatable bonds is 4. The van der Waals surface area contributed by atoms with Crippen molar-refractivity contribution >= 4 is 17.6 Å². The normalized spacial score (nSPS) is 28.3. The van der Waals surface area contributed by atoms with Gasteiger partial charge in [-0.25, -0.2) is 9.97 Å². The van der Waals surface area contributed by atoms with E-state index in [9.17, 15) is 4.79 Å². The molecule has 0 aromatic carbocycles. The van der Waals surface area contributed by atoms with Gasteiger partial charge in [-0.15, -0.1) is 0 Å². The Balaban J connectivity index is 1.31.